The second kappa shape index (κ2) is 9.46. The Morgan fingerprint density at radius 2 is 1.78 bits per heavy atom. The third-order valence-electron chi connectivity index (χ3n) is 3.94. The average molecular weight is 434 g/mol. The highest BCUT2D eigenvalue weighted by molar-refractivity contribution is 9.12. The SMILES string of the molecule is CCOc1ccc(C(=O)C(Br)=Cc2cc(OC)ccc2OC)cc1N(C)C. The maximum atomic E-state index is 12.9. The number of Topliss-reactive ketones (excluding diaryl/α,β-unsaturated/α-hetero) is 1. The molecule has 0 bridgehead atoms. The lowest BCUT2D eigenvalue weighted by Gasteiger charge is -2.18. The van der Waals surface area contributed by atoms with Gasteiger partial charge >= 0.3 is 0 Å². The number of allylic oxidation sites excluding steroid dienone is 1. The van der Waals surface area contributed by atoms with Crippen molar-refractivity contribution in [2.24, 2.45) is 0 Å². The van der Waals surface area contributed by atoms with E-state index in [9.17, 15) is 4.79 Å². The molecule has 0 atom stereocenters. The summed E-state index contributed by atoms with van der Waals surface area (Å²) in [5.41, 5.74) is 2.16. The molecule has 0 aliphatic heterocycles. The molecule has 0 saturated heterocycles. The Morgan fingerprint density at radius 1 is 1.07 bits per heavy atom. The zero-order valence-corrected chi connectivity index (χ0v) is 17.8. The molecule has 0 spiro atoms. The summed E-state index contributed by atoms with van der Waals surface area (Å²) < 4.78 is 16.7. The number of hydrogen-bond acceptors (Lipinski definition) is 5. The predicted octanol–water partition coefficient (Wildman–Crippen LogP) is 4.79. The van der Waals surface area contributed by atoms with E-state index in [0.717, 1.165) is 17.0 Å². The lowest BCUT2D eigenvalue weighted by atomic mass is 10.1. The van der Waals surface area contributed by atoms with Gasteiger partial charge in [-0.05, 0) is 65.3 Å². The first-order chi connectivity index (χ1) is 12.9. The van der Waals surface area contributed by atoms with Gasteiger partial charge in [0.25, 0.3) is 0 Å². The minimum absolute atomic E-state index is 0.133. The molecule has 0 fully saturated rings. The van der Waals surface area contributed by atoms with Crippen molar-refractivity contribution in [3.8, 4) is 17.2 Å². The maximum Gasteiger partial charge on any atom is 0.200 e. The number of ketones is 1. The Morgan fingerprint density at radius 3 is 2.37 bits per heavy atom. The van der Waals surface area contributed by atoms with E-state index in [-0.39, 0.29) is 5.78 Å². The van der Waals surface area contributed by atoms with Crippen molar-refractivity contribution in [1.29, 1.82) is 0 Å². The number of hydrogen-bond donors (Lipinski definition) is 0. The van der Waals surface area contributed by atoms with E-state index < -0.39 is 0 Å². The van der Waals surface area contributed by atoms with Crippen molar-refractivity contribution in [3.05, 3.63) is 52.0 Å². The van der Waals surface area contributed by atoms with Crippen LogP contribution < -0.4 is 19.1 Å². The smallest absolute Gasteiger partial charge is 0.200 e. The molecule has 144 valence electrons. The Balaban J connectivity index is 2.40. The average Bonchev–Trinajstić information content (AvgIpc) is 2.67. The first kappa shape index (κ1) is 20.8. The molecule has 0 amide bonds. The molecule has 5 nitrogen and oxygen atoms in total. The number of carbonyl (C=O) groups excluding carboxylic acids is 1. The maximum absolute atomic E-state index is 12.9. The Bertz CT molecular complexity index is 846. The quantitative estimate of drug-likeness (QED) is 0.442. The second-order valence-electron chi connectivity index (χ2n) is 5.94. The van der Waals surface area contributed by atoms with Gasteiger partial charge in [-0.15, -0.1) is 0 Å². The fourth-order valence-corrected chi connectivity index (χ4v) is 3.05. The van der Waals surface area contributed by atoms with E-state index in [2.05, 4.69) is 15.9 Å². The minimum atomic E-state index is -0.133. The van der Waals surface area contributed by atoms with Gasteiger partial charge in [0.05, 0.1) is 31.0 Å². The monoisotopic (exact) mass is 433 g/mol. The number of benzene rings is 2. The molecule has 0 radical (unpaired) electrons. The number of nitrogens with zero attached hydrogens (tertiary/aromatic N) is 1. The van der Waals surface area contributed by atoms with Crippen LogP contribution in [0.1, 0.15) is 22.8 Å². The van der Waals surface area contributed by atoms with Gasteiger partial charge in [-0.2, -0.15) is 0 Å². The standard InChI is InChI=1S/C21H24BrNO4/c1-6-27-20-9-7-14(13-18(20)23(2)3)21(24)17(22)12-15-11-16(25-4)8-10-19(15)26-5/h7-13H,6H2,1-5H3. The van der Waals surface area contributed by atoms with E-state index in [1.54, 1.807) is 32.4 Å². The molecule has 2 aromatic carbocycles. The molecule has 0 unspecified atom stereocenters. The van der Waals surface area contributed by atoms with Crippen LogP contribution in [0.2, 0.25) is 0 Å². The Kier molecular flexibility index (Phi) is 7.30. The molecule has 2 rings (SSSR count). The first-order valence-electron chi connectivity index (χ1n) is 8.49. The summed E-state index contributed by atoms with van der Waals surface area (Å²) in [4.78, 5) is 14.8. The highest BCUT2D eigenvalue weighted by Crippen LogP contribution is 2.31. The summed E-state index contributed by atoms with van der Waals surface area (Å²) in [5, 5.41) is 0. The summed E-state index contributed by atoms with van der Waals surface area (Å²) in [6, 6.07) is 10.8. The van der Waals surface area contributed by atoms with Crippen LogP contribution in [0.15, 0.2) is 40.9 Å². The van der Waals surface area contributed by atoms with Crippen molar-refractivity contribution < 1.29 is 19.0 Å². The van der Waals surface area contributed by atoms with Crippen LogP contribution in [0.3, 0.4) is 0 Å². The molecule has 0 N–H and O–H groups in total. The normalized spacial score (nSPS) is 11.1. The topological polar surface area (TPSA) is 48.0 Å². The van der Waals surface area contributed by atoms with E-state index >= 15 is 0 Å². The van der Waals surface area contributed by atoms with Gasteiger partial charge in [-0.3, -0.25) is 4.79 Å². The largest absolute Gasteiger partial charge is 0.497 e. The molecule has 0 aliphatic rings. The zero-order valence-electron chi connectivity index (χ0n) is 16.2. The van der Waals surface area contributed by atoms with Crippen molar-refractivity contribution in [2.75, 3.05) is 39.8 Å². The molecule has 6 heteroatoms. The summed E-state index contributed by atoms with van der Waals surface area (Å²) >= 11 is 3.41. The number of ether oxygens (including phenoxy) is 3. The summed E-state index contributed by atoms with van der Waals surface area (Å²) in [6.45, 7) is 2.49. The fourth-order valence-electron chi connectivity index (χ4n) is 2.58. The summed E-state index contributed by atoms with van der Waals surface area (Å²) in [6.07, 6.45) is 1.73. The van der Waals surface area contributed by atoms with E-state index in [1.165, 1.54) is 0 Å². The van der Waals surface area contributed by atoms with Crippen LogP contribution in [0.5, 0.6) is 17.2 Å². The highest BCUT2D eigenvalue weighted by atomic mass is 79.9. The predicted molar refractivity (Wildman–Crippen MR) is 113 cm³/mol. The molecule has 27 heavy (non-hydrogen) atoms. The molecule has 0 heterocycles. The van der Waals surface area contributed by atoms with Crippen molar-refractivity contribution in [2.45, 2.75) is 6.92 Å². The molecule has 0 saturated carbocycles. The van der Waals surface area contributed by atoms with Gasteiger partial charge in [-0.25, -0.2) is 0 Å². The lowest BCUT2D eigenvalue weighted by Crippen LogP contribution is -2.12. The van der Waals surface area contributed by atoms with Crippen molar-refractivity contribution in [1.82, 2.24) is 0 Å². The van der Waals surface area contributed by atoms with E-state index in [0.29, 0.717) is 28.2 Å². The molecule has 0 aromatic heterocycles. The van der Waals surface area contributed by atoms with Crippen LogP contribution in [0.25, 0.3) is 6.08 Å². The van der Waals surface area contributed by atoms with Crippen molar-refractivity contribution in [3.63, 3.8) is 0 Å². The molecular weight excluding hydrogens is 410 g/mol. The van der Waals surface area contributed by atoms with E-state index in [1.807, 2.05) is 50.2 Å². The van der Waals surface area contributed by atoms with Crippen LogP contribution in [0, 0.1) is 0 Å². The van der Waals surface area contributed by atoms with Crippen molar-refractivity contribution >= 4 is 33.5 Å². The lowest BCUT2D eigenvalue weighted by molar-refractivity contribution is 0.104. The Hall–Kier alpha value is -2.47. The van der Waals surface area contributed by atoms with Crippen LogP contribution >= 0.6 is 15.9 Å². The minimum Gasteiger partial charge on any atom is -0.497 e. The number of halogens is 1. The van der Waals surface area contributed by atoms with Gasteiger partial charge in [0.1, 0.15) is 17.2 Å². The van der Waals surface area contributed by atoms with Gasteiger partial charge in [0, 0.05) is 25.2 Å². The first-order valence-corrected chi connectivity index (χ1v) is 9.28. The molecule has 2 aromatic rings. The van der Waals surface area contributed by atoms with Crippen LogP contribution in [-0.4, -0.2) is 40.7 Å². The zero-order chi connectivity index (χ0) is 20.0. The number of anilines is 1. The third kappa shape index (κ3) is 5.04. The molecule has 0 aliphatic carbocycles. The van der Waals surface area contributed by atoms with Crippen LogP contribution in [-0.2, 0) is 0 Å². The van der Waals surface area contributed by atoms with Gasteiger partial charge < -0.3 is 19.1 Å². The number of carbonyl (C=O) groups is 1. The van der Waals surface area contributed by atoms with Gasteiger partial charge in [0.15, 0.2) is 5.78 Å². The summed E-state index contributed by atoms with van der Waals surface area (Å²) in [7, 11) is 7.01. The molecular formula is C21H24BrNO4. The third-order valence-corrected chi connectivity index (χ3v) is 4.53. The number of methoxy groups -OCH3 is 2. The van der Waals surface area contributed by atoms with Crippen LogP contribution in [0.4, 0.5) is 5.69 Å². The van der Waals surface area contributed by atoms with Gasteiger partial charge in [0.2, 0.25) is 0 Å². The van der Waals surface area contributed by atoms with E-state index in [4.69, 9.17) is 14.2 Å². The highest BCUT2D eigenvalue weighted by Gasteiger charge is 2.15. The Labute approximate surface area is 168 Å². The van der Waals surface area contributed by atoms with Gasteiger partial charge in [-0.1, -0.05) is 0 Å². The number of rotatable bonds is 8. The fraction of sp³-hybridized carbons (Fsp3) is 0.286. The second-order valence-corrected chi connectivity index (χ2v) is 6.79. The summed E-state index contributed by atoms with van der Waals surface area (Å²) in [5.74, 6) is 1.95.